The summed E-state index contributed by atoms with van der Waals surface area (Å²) >= 11 is 0. The number of aliphatic imine (C=N–C) groups is 1. The van der Waals surface area contributed by atoms with E-state index in [4.69, 9.17) is 4.42 Å². The van der Waals surface area contributed by atoms with E-state index >= 15 is 0 Å². The van der Waals surface area contributed by atoms with Crippen LogP contribution in [0.4, 0.5) is 0 Å². The highest BCUT2D eigenvalue weighted by Gasteiger charge is 2.28. The summed E-state index contributed by atoms with van der Waals surface area (Å²) in [5, 5.41) is 7.01. The number of halogens is 1. The molecule has 0 atom stereocenters. The molecular formula is C20H35IN4O. The smallest absolute Gasteiger partial charge is 0.191 e. The normalized spacial score (nSPS) is 25.5. The van der Waals surface area contributed by atoms with Crippen molar-refractivity contribution in [2.75, 3.05) is 26.7 Å². The third-order valence-electron chi connectivity index (χ3n) is 5.84. The van der Waals surface area contributed by atoms with E-state index < -0.39 is 0 Å². The van der Waals surface area contributed by atoms with Gasteiger partial charge < -0.3 is 20.0 Å². The lowest BCUT2D eigenvalue weighted by Crippen LogP contribution is -2.49. The maximum atomic E-state index is 5.37. The zero-order valence-corrected chi connectivity index (χ0v) is 18.6. The molecule has 0 bridgehead atoms. The quantitative estimate of drug-likeness (QED) is 0.389. The first-order chi connectivity index (χ1) is 12.2. The molecule has 2 fully saturated rings. The molecule has 2 aliphatic rings. The third-order valence-corrected chi connectivity index (χ3v) is 5.84. The Morgan fingerprint density at radius 2 is 1.92 bits per heavy atom. The molecular weight excluding hydrogens is 439 g/mol. The van der Waals surface area contributed by atoms with Crippen LogP contribution in [0, 0.1) is 5.92 Å². The molecule has 1 aliphatic heterocycles. The predicted molar refractivity (Wildman–Crippen MR) is 118 cm³/mol. The number of hydrogen-bond acceptors (Lipinski definition) is 3. The summed E-state index contributed by atoms with van der Waals surface area (Å²) in [5.41, 5.74) is 0. The summed E-state index contributed by atoms with van der Waals surface area (Å²) in [7, 11) is 1.85. The lowest BCUT2D eigenvalue weighted by atomic mass is 9.88. The van der Waals surface area contributed by atoms with Crippen molar-refractivity contribution in [1.82, 2.24) is 15.5 Å². The largest absolute Gasteiger partial charge is 0.469 e. The summed E-state index contributed by atoms with van der Waals surface area (Å²) in [6.45, 7) is 5.84. The van der Waals surface area contributed by atoms with Gasteiger partial charge in [0.05, 0.1) is 6.26 Å². The first-order valence-corrected chi connectivity index (χ1v) is 9.98. The molecule has 0 radical (unpaired) electrons. The zero-order chi connectivity index (χ0) is 17.5. The maximum Gasteiger partial charge on any atom is 0.191 e. The Morgan fingerprint density at radius 1 is 1.19 bits per heavy atom. The van der Waals surface area contributed by atoms with Gasteiger partial charge in [0.1, 0.15) is 5.76 Å². The monoisotopic (exact) mass is 474 g/mol. The molecule has 0 aromatic carbocycles. The molecule has 0 amide bonds. The Hall–Kier alpha value is -0.760. The summed E-state index contributed by atoms with van der Waals surface area (Å²) in [6, 6.07) is 5.30. The number of piperidine rings is 1. The molecule has 1 aromatic rings. The summed E-state index contributed by atoms with van der Waals surface area (Å²) in [4.78, 5) is 7.11. The van der Waals surface area contributed by atoms with Gasteiger partial charge in [0, 0.05) is 32.1 Å². The molecule has 0 spiro atoms. The van der Waals surface area contributed by atoms with Crippen molar-refractivity contribution in [1.29, 1.82) is 0 Å². The Kier molecular flexibility index (Phi) is 9.25. The van der Waals surface area contributed by atoms with Crippen LogP contribution in [-0.4, -0.2) is 49.6 Å². The Labute approximate surface area is 175 Å². The number of guanidine groups is 1. The van der Waals surface area contributed by atoms with Crippen molar-refractivity contribution in [2.24, 2.45) is 10.9 Å². The van der Waals surface area contributed by atoms with Crippen LogP contribution in [0.3, 0.4) is 0 Å². The first-order valence-electron chi connectivity index (χ1n) is 9.98. The topological polar surface area (TPSA) is 52.8 Å². The van der Waals surface area contributed by atoms with E-state index in [1.54, 1.807) is 6.26 Å². The average molecular weight is 474 g/mol. The number of rotatable bonds is 5. The highest BCUT2D eigenvalue weighted by Crippen LogP contribution is 2.27. The van der Waals surface area contributed by atoms with Crippen LogP contribution in [-0.2, 0) is 6.42 Å². The molecule has 5 nitrogen and oxygen atoms in total. The molecule has 1 saturated carbocycles. The minimum absolute atomic E-state index is 0. The van der Waals surface area contributed by atoms with Crippen molar-refractivity contribution in [3.05, 3.63) is 24.2 Å². The average Bonchev–Trinajstić information content (AvgIpc) is 3.16. The van der Waals surface area contributed by atoms with Gasteiger partial charge in [-0.3, -0.25) is 4.99 Å². The van der Waals surface area contributed by atoms with Gasteiger partial charge in [-0.15, -0.1) is 24.0 Å². The molecule has 3 rings (SSSR count). The molecule has 0 unspecified atom stereocenters. The van der Waals surface area contributed by atoms with E-state index in [1.807, 2.05) is 19.2 Å². The lowest BCUT2D eigenvalue weighted by molar-refractivity contribution is 0.105. The number of likely N-dealkylation sites (tertiary alicyclic amines) is 1. The summed E-state index contributed by atoms with van der Waals surface area (Å²) < 4.78 is 5.37. The van der Waals surface area contributed by atoms with Crippen LogP contribution in [0.25, 0.3) is 0 Å². The second-order valence-corrected chi connectivity index (χ2v) is 7.70. The van der Waals surface area contributed by atoms with E-state index in [2.05, 4.69) is 27.4 Å². The second kappa shape index (κ2) is 11.2. The van der Waals surface area contributed by atoms with Crippen molar-refractivity contribution >= 4 is 29.9 Å². The van der Waals surface area contributed by atoms with Gasteiger partial charge in [-0.1, -0.05) is 6.92 Å². The van der Waals surface area contributed by atoms with Gasteiger partial charge >= 0.3 is 0 Å². The van der Waals surface area contributed by atoms with Crippen LogP contribution in [0.2, 0.25) is 0 Å². The van der Waals surface area contributed by atoms with Crippen LogP contribution in [0.15, 0.2) is 27.8 Å². The zero-order valence-electron chi connectivity index (χ0n) is 16.2. The van der Waals surface area contributed by atoms with Crippen LogP contribution < -0.4 is 10.6 Å². The molecule has 2 heterocycles. The fourth-order valence-electron chi connectivity index (χ4n) is 4.13. The van der Waals surface area contributed by atoms with Gasteiger partial charge in [0.25, 0.3) is 0 Å². The highest BCUT2D eigenvalue weighted by molar-refractivity contribution is 14.0. The van der Waals surface area contributed by atoms with E-state index in [0.717, 1.165) is 36.6 Å². The number of nitrogens with zero attached hydrogens (tertiary/aromatic N) is 2. The Morgan fingerprint density at radius 3 is 2.54 bits per heavy atom. The van der Waals surface area contributed by atoms with E-state index in [1.165, 1.54) is 51.6 Å². The molecule has 148 valence electrons. The SMILES string of the molecule is CN=C(NCCc1ccco1)NC1CCC(N2CCC(C)CC2)CC1.I. The minimum Gasteiger partial charge on any atom is -0.469 e. The first kappa shape index (κ1) is 21.5. The predicted octanol–water partition coefficient (Wildman–Crippen LogP) is 3.65. The van der Waals surface area contributed by atoms with Gasteiger partial charge in [-0.25, -0.2) is 0 Å². The number of furan rings is 1. The van der Waals surface area contributed by atoms with Gasteiger partial charge in [-0.2, -0.15) is 0 Å². The van der Waals surface area contributed by atoms with Crippen molar-refractivity contribution in [3.63, 3.8) is 0 Å². The van der Waals surface area contributed by atoms with E-state index in [9.17, 15) is 0 Å². The molecule has 1 saturated heterocycles. The Bertz CT molecular complexity index is 518. The summed E-state index contributed by atoms with van der Waals surface area (Å²) in [6.07, 6.45) is 10.5. The van der Waals surface area contributed by atoms with Crippen LogP contribution in [0.1, 0.15) is 51.2 Å². The van der Waals surface area contributed by atoms with Crippen molar-refractivity contribution in [2.45, 2.75) is 64.0 Å². The second-order valence-electron chi connectivity index (χ2n) is 7.70. The maximum absolute atomic E-state index is 5.37. The fourth-order valence-corrected chi connectivity index (χ4v) is 4.13. The van der Waals surface area contributed by atoms with Crippen LogP contribution in [0.5, 0.6) is 0 Å². The number of hydrogen-bond donors (Lipinski definition) is 2. The molecule has 26 heavy (non-hydrogen) atoms. The molecule has 1 aromatic heterocycles. The fraction of sp³-hybridized carbons (Fsp3) is 0.750. The van der Waals surface area contributed by atoms with E-state index in [-0.39, 0.29) is 24.0 Å². The standard InChI is InChI=1S/C20H34N4O.HI/c1-16-10-13-24(14-11-16)18-7-5-17(6-8-18)23-20(21-2)22-12-9-19-4-3-15-25-19;/h3-4,15-18H,5-14H2,1-2H3,(H2,21,22,23);1H. The molecule has 2 N–H and O–H groups in total. The van der Waals surface area contributed by atoms with E-state index in [0.29, 0.717) is 6.04 Å². The molecule has 1 aliphatic carbocycles. The Balaban J connectivity index is 0.00000243. The number of nitrogens with one attached hydrogen (secondary N) is 2. The van der Waals surface area contributed by atoms with Crippen LogP contribution >= 0.6 is 24.0 Å². The summed E-state index contributed by atoms with van der Waals surface area (Å²) in [5.74, 6) is 2.85. The van der Waals surface area contributed by atoms with Gasteiger partial charge in [0.2, 0.25) is 0 Å². The van der Waals surface area contributed by atoms with Crippen molar-refractivity contribution < 1.29 is 4.42 Å². The van der Waals surface area contributed by atoms with Gasteiger partial charge in [-0.05, 0) is 69.7 Å². The minimum atomic E-state index is 0. The lowest BCUT2D eigenvalue weighted by Gasteiger charge is -2.40. The molecule has 6 heteroatoms. The van der Waals surface area contributed by atoms with Crippen molar-refractivity contribution in [3.8, 4) is 0 Å². The highest BCUT2D eigenvalue weighted by atomic mass is 127. The van der Waals surface area contributed by atoms with Gasteiger partial charge in [0.15, 0.2) is 5.96 Å². The third kappa shape index (κ3) is 6.44.